The first kappa shape index (κ1) is 30.3. The summed E-state index contributed by atoms with van der Waals surface area (Å²) >= 11 is 0. The lowest BCUT2D eigenvalue weighted by Gasteiger charge is -2.31. The highest BCUT2D eigenvalue weighted by atomic mass is 16.5. The number of aromatic nitrogens is 5. The van der Waals surface area contributed by atoms with Gasteiger partial charge in [0.2, 0.25) is 0 Å². The number of hydrogen-bond acceptors (Lipinski definition) is 7. The van der Waals surface area contributed by atoms with Crippen molar-refractivity contribution in [2.24, 2.45) is 0 Å². The zero-order chi connectivity index (χ0) is 32.3. The summed E-state index contributed by atoms with van der Waals surface area (Å²) in [4.78, 5) is 28.7. The summed E-state index contributed by atoms with van der Waals surface area (Å²) in [7, 11) is 1.65. The van der Waals surface area contributed by atoms with Crippen molar-refractivity contribution in [1.29, 1.82) is 0 Å². The maximum atomic E-state index is 14.4. The SMILES string of the molecule is CCCc1c(Cc2ccc(-c3ccccc3-c3noc(=O)[nH]3)cc2)c(=O)n([C@H]2CC[C@H](Oc3ccc(OC)cc3)CC2)c2ccnn12. The van der Waals surface area contributed by atoms with E-state index in [0.29, 0.717) is 12.2 Å². The van der Waals surface area contributed by atoms with Crippen LogP contribution >= 0.6 is 0 Å². The minimum absolute atomic E-state index is 0.0605. The molecule has 240 valence electrons. The summed E-state index contributed by atoms with van der Waals surface area (Å²) in [5.74, 6) is 1.42. The van der Waals surface area contributed by atoms with Gasteiger partial charge >= 0.3 is 5.76 Å². The lowest BCUT2D eigenvalue weighted by atomic mass is 9.92. The fourth-order valence-corrected chi connectivity index (χ4v) is 6.77. The van der Waals surface area contributed by atoms with E-state index >= 15 is 0 Å². The summed E-state index contributed by atoms with van der Waals surface area (Å²) in [6.07, 6.45) is 7.47. The predicted octanol–water partition coefficient (Wildman–Crippen LogP) is 6.62. The number of nitrogens with zero attached hydrogens (tertiary/aromatic N) is 4. The lowest BCUT2D eigenvalue weighted by Crippen LogP contribution is -2.35. The molecule has 0 bridgehead atoms. The number of aromatic amines is 1. The van der Waals surface area contributed by atoms with Gasteiger partial charge in [0.15, 0.2) is 5.82 Å². The molecular weight excluding hydrogens is 594 g/mol. The molecule has 1 N–H and O–H groups in total. The van der Waals surface area contributed by atoms with E-state index in [9.17, 15) is 9.59 Å². The highest BCUT2D eigenvalue weighted by Gasteiger charge is 2.28. The van der Waals surface area contributed by atoms with Crippen LogP contribution in [-0.4, -0.2) is 37.5 Å². The van der Waals surface area contributed by atoms with E-state index in [4.69, 9.17) is 19.1 Å². The van der Waals surface area contributed by atoms with E-state index in [-0.39, 0.29) is 17.7 Å². The van der Waals surface area contributed by atoms with Gasteiger partial charge in [0.25, 0.3) is 5.56 Å². The van der Waals surface area contributed by atoms with Gasteiger partial charge in [0.1, 0.15) is 17.1 Å². The minimum atomic E-state index is -0.595. The second-order valence-corrected chi connectivity index (χ2v) is 12.0. The molecule has 0 atom stereocenters. The molecule has 0 saturated heterocycles. The highest BCUT2D eigenvalue weighted by Crippen LogP contribution is 2.33. The van der Waals surface area contributed by atoms with E-state index in [0.717, 1.165) is 89.2 Å². The first-order valence-electron chi connectivity index (χ1n) is 16.2. The van der Waals surface area contributed by atoms with Gasteiger partial charge in [0, 0.05) is 29.7 Å². The Balaban J connectivity index is 1.16. The van der Waals surface area contributed by atoms with E-state index in [1.807, 2.05) is 75.8 Å². The van der Waals surface area contributed by atoms with Crippen LogP contribution in [0.15, 0.2) is 99.2 Å². The summed E-state index contributed by atoms with van der Waals surface area (Å²) in [5.41, 5.74) is 6.35. The van der Waals surface area contributed by atoms with Crippen LogP contribution in [-0.2, 0) is 12.8 Å². The van der Waals surface area contributed by atoms with E-state index < -0.39 is 5.76 Å². The Morgan fingerprint density at radius 3 is 2.30 bits per heavy atom. The summed E-state index contributed by atoms with van der Waals surface area (Å²) < 4.78 is 20.3. The average Bonchev–Trinajstić information content (AvgIpc) is 3.77. The first-order chi connectivity index (χ1) is 23.0. The quantitative estimate of drug-likeness (QED) is 0.181. The Morgan fingerprint density at radius 2 is 1.62 bits per heavy atom. The molecule has 0 aliphatic heterocycles. The van der Waals surface area contributed by atoms with Crippen molar-refractivity contribution in [3.8, 4) is 34.0 Å². The summed E-state index contributed by atoms with van der Waals surface area (Å²) in [6, 6.07) is 25.6. The molecule has 0 amide bonds. The van der Waals surface area contributed by atoms with Gasteiger partial charge in [0.05, 0.1) is 25.1 Å². The number of rotatable bonds is 10. The lowest BCUT2D eigenvalue weighted by molar-refractivity contribution is 0.132. The van der Waals surface area contributed by atoms with Crippen molar-refractivity contribution >= 4 is 5.65 Å². The van der Waals surface area contributed by atoms with Crippen LogP contribution in [0.2, 0.25) is 0 Å². The normalized spacial score (nSPS) is 16.4. The third-order valence-electron chi connectivity index (χ3n) is 9.08. The van der Waals surface area contributed by atoms with Gasteiger partial charge in [-0.05, 0) is 73.1 Å². The largest absolute Gasteiger partial charge is 0.497 e. The first-order valence-corrected chi connectivity index (χ1v) is 16.2. The molecule has 6 aromatic rings. The Kier molecular flexibility index (Phi) is 8.48. The molecule has 1 saturated carbocycles. The third kappa shape index (κ3) is 6.10. The van der Waals surface area contributed by atoms with Crippen LogP contribution in [0.4, 0.5) is 0 Å². The third-order valence-corrected chi connectivity index (χ3v) is 9.08. The van der Waals surface area contributed by atoms with Crippen molar-refractivity contribution < 1.29 is 14.0 Å². The van der Waals surface area contributed by atoms with Gasteiger partial charge in [-0.25, -0.2) is 9.31 Å². The molecule has 3 aromatic carbocycles. The van der Waals surface area contributed by atoms with Crippen LogP contribution in [0.3, 0.4) is 0 Å². The van der Waals surface area contributed by atoms with Gasteiger partial charge in [-0.3, -0.25) is 18.9 Å². The molecule has 10 nitrogen and oxygen atoms in total. The van der Waals surface area contributed by atoms with Crippen molar-refractivity contribution in [3.05, 3.63) is 123 Å². The fourth-order valence-electron chi connectivity index (χ4n) is 6.77. The van der Waals surface area contributed by atoms with Crippen molar-refractivity contribution in [2.75, 3.05) is 7.11 Å². The molecule has 3 heterocycles. The smallest absolute Gasteiger partial charge is 0.439 e. The molecule has 0 radical (unpaired) electrons. The number of aryl methyl sites for hydroxylation is 1. The maximum Gasteiger partial charge on any atom is 0.439 e. The monoisotopic (exact) mass is 631 g/mol. The fraction of sp³-hybridized carbons (Fsp3) is 0.297. The molecule has 1 fully saturated rings. The molecule has 1 aliphatic carbocycles. The van der Waals surface area contributed by atoms with E-state index in [1.54, 1.807) is 13.3 Å². The summed E-state index contributed by atoms with van der Waals surface area (Å²) in [6.45, 7) is 2.13. The average molecular weight is 632 g/mol. The van der Waals surface area contributed by atoms with Gasteiger partial charge in [-0.15, -0.1) is 0 Å². The van der Waals surface area contributed by atoms with Crippen LogP contribution in [0.25, 0.3) is 28.2 Å². The molecule has 10 heteroatoms. The second kappa shape index (κ2) is 13.2. The van der Waals surface area contributed by atoms with Crippen LogP contribution in [0.1, 0.15) is 61.9 Å². The number of fused-ring (bicyclic) bond motifs is 1. The van der Waals surface area contributed by atoms with Crippen molar-refractivity contribution in [3.63, 3.8) is 0 Å². The Bertz CT molecular complexity index is 2100. The number of H-pyrrole nitrogens is 1. The Labute approximate surface area is 271 Å². The zero-order valence-electron chi connectivity index (χ0n) is 26.5. The van der Waals surface area contributed by atoms with Crippen molar-refractivity contribution in [1.82, 2.24) is 24.3 Å². The van der Waals surface area contributed by atoms with Crippen molar-refractivity contribution in [2.45, 2.75) is 64.0 Å². The molecule has 47 heavy (non-hydrogen) atoms. The second-order valence-electron chi connectivity index (χ2n) is 12.0. The van der Waals surface area contributed by atoms with Crippen LogP contribution < -0.4 is 20.8 Å². The van der Waals surface area contributed by atoms with Gasteiger partial charge in [-0.1, -0.05) is 67.0 Å². The molecule has 1 aliphatic rings. The topological polar surface area (TPSA) is 117 Å². The zero-order valence-corrected chi connectivity index (χ0v) is 26.5. The van der Waals surface area contributed by atoms with E-state index in [1.165, 1.54) is 0 Å². The van der Waals surface area contributed by atoms with Gasteiger partial charge in [-0.2, -0.15) is 5.10 Å². The van der Waals surface area contributed by atoms with Crippen LogP contribution in [0.5, 0.6) is 11.5 Å². The maximum absolute atomic E-state index is 14.4. The van der Waals surface area contributed by atoms with Gasteiger partial charge < -0.3 is 9.47 Å². The molecule has 0 spiro atoms. The highest BCUT2D eigenvalue weighted by molar-refractivity contribution is 5.80. The Hall–Kier alpha value is -5.38. The molecule has 7 rings (SSSR count). The number of nitrogens with one attached hydrogen (secondary N) is 1. The number of ether oxygens (including phenoxy) is 2. The molecular formula is C37H37N5O5. The van der Waals surface area contributed by atoms with E-state index in [2.05, 4.69) is 29.2 Å². The van der Waals surface area contributed by atoms with Crippen LogP contribution in [0, 0.1) is 0 Å². The summed E-state index contributed by atoms with van der Waals surface area (Å²) in [5, 5.41) is 8.58. The standard InChI is InChI=1S/C37H37N5O5/c1-3-6-33-32(23-24-9-11-25(12-10-24)30-7-4-5-8-31(30)35-39-37(44)47-40-35)36(43)41(34-21-22-38-42(33)34)26-13-15-28(16-14-26)46-29-19-17-27(45-2)18-20-29/h4-5,7-12,17-22,26,28H,3,6,13-16,23H2,1-2H3,(H,39,40,44)/t26-,28-. The number of benzene rings is 3. The minimum Gasteiger partial charge on any atom is -0.497 e. The molecule has 0 unspecified atom stereocenters. The molecule has 3 aromatic heterocycles. The number of methoxy groups -OCH3 is 1. The Morgan fingerprint density at radius 1 is 0.894 bits per heavy atom. The predicted molar refractivity (Wildman–Crippen MR) is 179 cm³/mol. The number of hydrogen-bond donors (Lipinski definition) is 1.